The molecule has 4 nitrogen and oxygen atoms in total. The Labute approximate surface area is 213 Å². The van der Waals surface area contributed by atoms with E-state index in [2.05, 4.69) is 24.0 Å². The van der Waals surface area contributed by atoms with E-state index in [0.717, 1.165) is 58.0 Å². The smallest absolute Gasteiger partial charge is 0.194 e. The number of thiophene rings is 1. The molecular formula is C30H37NO3S. The first-order valence-electron chi connectivity index (χ1n) is 13.2. The summed E-state index contributed by atoms with van der Waals surface area (Å²) < 4.78 is 12.6. The fourth-order valence-electron chi connectivity index (χ4n) is 5.59. The van der Waals surface area contributed by atoms with Gasteiger partial charge in [-0.2, -0.15) is 0 Å². The molecule has 0 unspecified atom stereocenters. The molecule has 2 fully saturated rings. The topological polar surface area (TPSA) is 38.8 Å². The van der Waals surface area contributed by atoms with Crippen molar-refractivity contribution in [2.24, 2.45) is 5.92 Å². The first kappa shape index (κ1) is 24.3. The fourth-order valence-corrected chi connectivity index (χ4v) is 6.99. The molecule has 1 aromatic heterocycles. The summed E-state index contributed by atoms with van der Waals surface area (Å²) >= 11 is 1.78. The molecule has 1 aliphatic heterocycles. The molecule has 5 heteroatoms. The number of likely N-dealkylation sites (tertiary alicyclic amines) is 1. The van der Waals surface area contributed by atoms with Crippen LogP contribution in [0.4, 0.5) is 0 Å². The number of carbonyl (C=O) groups is 1. The highest BCUT2D eigenvalue weighted by Gasteiger charge is 2.28. The van der Waals surface area contributed by atoms with Gasteiger partial charge in [-0.25, -0.2) is 0 Å². The Balaban J connectivity index is 1.35. The van der Waals surface area contributed by atoms with Crippen molar-refractivity contribution in [2.45, 2.75) is 57.8 Å². The third-order valence-electron chi connectivity index (χ3n) is 7.78. The maximum Gasteiger partial charge on any atom is 0.194 e. The van der Waals surface area contributed by atoms with Crippen molar-refractivity contribution in [1.82, 2.24) is 4.90 Å². The van der Waals surface area contributed by atoms with Crippen LogP contribution in [0, 0.1) is 5.92 Å². The van der Waals surface area contributed by atoms with E-state index in [4.69, 9.17) is 9.47 Å². The van der Waals surface area contributed by atoms with Gasteiger partial charge in [0.1, 0.15) is 18.1 Å². The van der Waals surface area contributed by atoms with Crippen molar-refractivity contribution >= 4 is 27.2 Å². The summed E-state index contributed by atoms with van der Waals surface area (Å²) in [5.41, 5.74) is 1.63. The number of hydrogen-bond donors (Lipinski definition) is 0. The second-order valence-electron chi connectivity index (χ2n) is 10.3. The lowest BCUT2D eigenvalue weighted by Gasteiger charge is -2.26. The SMILES string of the molecule is COc1ccc2c(C(=O)c3ccc(OCCN4CCCCC4)cc3)c(C3CCC(C)CC3)sc2c1. The minimum Gasteiger partial charge on any atom is -0.497 e. The zero-order chi connectivity index (χ0) is 24.2. The molecule has 35 heavy (non-hydrogen) atoms. The summed E-state index contributed by atoms with van der Waals surface area (Å²) in [6, 6.07) is 13.9. The molecule has 2 aromatic carbocycles. The standard InChI is InChI=1S/C30H37NO3S/c1-21-6-8-23(9-7-21)30-28(26-15-14-25(33-2)20-27(26)35-30)29(32)22-10-12-24(13-11-22)34-19-18-31-16-4-3-5-17-31/h10-15,20-21,23H,3-9,16-19H2,1-2H3. The number of fused-ring (bicyclic) bond motifs is 1. The third-order valence-corrected chi connectivity index (χ3v) is 9.09. The second kappa shape index (κ2) is 11.1. The fraction of sp³-hybridized carbons (Fsp3) is 0.500. The predicted octanol–water partition coefficient (Wildman–Crippen LogP) is 7.30. The van der Waals surface area contributed by atoms with Crippen molar-refractivity contribution in [3.05, 3.63) is 58.5 Å². The van der Waals surface area contributed by atoms with Gasteiger partial charge in [0.05, 0.1) is 7.11 Å². The van der Waals surface area contributed by atoms with E-state index in [9.17, 15) is 4.79 Å². The monoisotopic (exact) mass is 491 g/mol. The Bertz CT molecular complexity index is 1140. The number of ketones is 1. The molecule has 1 saturated heterocycles. The minimum absolute atomic E-state index is 0.120. The quantitative estimate of drug-likeness (QED) is 0.310. The average Bonchev–Trinajstić information content (AvgIpc) is 3.28. The van der Waals surface area contributed by atoms with Gasteiger partial charge in [-0.05, 0) is 93.1 Å². The highest BCUT2D eigenvalue weighted by atomic mass is 32.1. The van der Waals surface area contributed by atoms with Crippen molar-refractivity contribution < 1.29 is 14.3 Å². The van der Waals surface area contributed by atoms with Crippen LogP contribution in [0.3, 0.4) is 0 Å². The van der Waals surface area contributed by atoms with E-state index in [1.807, 2.05) is 30.3 Å². The highest BCUT2D eigenvalue weighted by Crippen LogP contribution is 2.45. The molecule has 0 atom stereocenters. The minimum atomic E-state index is 0.120. The molecule has 2 aliphatic rings. The summed E-state index contributed by atoms with van der Waals surface area (Å²) in [5.74, 6) is 3.04. The van der Waals surface area contributed by atoms with Crippen molar-refractivity contribution in [3.8, 4) is 11.5 Å². The van der Waals surface area contributed by atoms with Crippen LogP contribution in [0.5, 0.6) is 11.5 Å². The number of hydrogen-bond acceptors (Lipinski definition) is 5. The van der Waals surface area contributed by atoms with E-state index in [-0.39, 0.29) is 5.78 Å². The Hall–Kier alpha value is -2.37. The Kier molecular flexibility index (Phi) is 7.74. The molecule has 5 rings (SSSR count). The normalized spacial score (nSPS) is 21.2. The molecule has 2 heterocycles. The number of methoxy groups -OCH3 is 1. The first-order chi connectivity index (χ1) is 17.1. The van der Waals surface area contributed by atoms with Gasteiger partial charge < -0.3 is 9.47 Å². The predicted molar refractivity (Wildman–Crippen MR) is 144 cm³/mol. The molecule has 186 valence electrons. The molecule has 1 saturated carbocycles. The Morgan fingerprint density at radius 1 is 0.971 bits per heavy atom. The van der Waals surface area contributed by atoms with Gasteiger partial charge in [0, 0.05) is 32.6 Å². The van der Waals surface area contributed by atoms with E-state index in [1.54, 1.807) is 18.4 Å². The summed E-state index contributed by atoms with van der Waals surface area (Å²) in [6.07, 6.45) is 8.73. The number of ether oxygens (including phenoxy) is 2. The lowest BCUT2D eigenvalue weighted by Crippen LogP contribution is -2.33. The van der Waals surface area contributed by atoms with E-state index < -0.39 is 0 Å². The maximum absolute atomic E-state index is 13.9. The first-order valence-corrected chi connectivity index (χ1v) is 14.0. The van der Waals surface area contributed by atoms with Gasteiger partial charge >= 0.3 is 0 Å². The van der Waals surface area contributed by atoms with Crippen LogP contribution in [0.15, 0.2) is 42.5 Å². The largest absolute Gasteiger partial charge is 0.497 e. The van der Waals surface area contributed by atoms with Gasteiger partial charge in [0.2, 0.25) is 0 Å². The van der Waals surface area contributed by atoms with E-state index in [0.29, 0.717) is 12.5 Å². The van der Waals surface area contributed by atoms with Gasteiger partial charge in [-0.1, -0.05) is 26.2 Å². The maximum atomic E-state index is 13.9. The van der Waals surface area contributed by atoms with Crippen LogP contribution in [0.1, 0.15) is 78.6 Å². The molecule has 1 aliphatic carbocycles. The van der Waals surface area contributed by atoms with Crippen LogP contribution in [-0.4, -0.2) is 44.0 Å². The van der Waals surface area contributed by atoms with Crippen molar-refractivity contribution in [2.75, 3.05) is 33.4 Å². The van der Waals surface area contributed by atoms with Crippen LogP contribution >= 0.6 is 11.3 Å². The molecule has 0 bridgehead atoms. The summed E-state index contributed by atoms with van der Waals surface area (Å²) in [6.45, 7) is 6.36. The lowest BCUT2D eigenvalue weighted by molar-refractivity contribution is 0.103. The number of carbonyl (C=O) groups excluding carboxylic acids is 1. The van der Waals surface area contributed by atoms with Gasteiger partial charge in [0.25, 0.3) is 0 Å². The van der Waals surface area contributed by atoms with Crippen molar-refractivity contribution in [3.63, 3.8) is 0 Å². The average molecular weight is 492 g/mol. The number of nitrogens with zero attached hydrogens (tertiary/aromatic N) is 1. The van der Waals surface area contributed by atoms with Crippen molar-refractivity contribution in [1.29, 1.82) is 0 Å². The van der Waals surface area contributed by atoms with Crippen LogP contribution in [0.2, 0.25) is 0 Å². The van der Waals surface area contributed by atoms with Gasteiger partial charge in [-0.15, -0.1) is 11.3 Å². The molecule has 0 N–H and O–H groups in total. The Morgan fingerprint density at radius 2 is 1.69 bits per heavy atom. The van der Waals surface area contributed by atoms with Crippen LogP contribution < -0.4 is 9.47 Å². The van der Waals surface area contributed by atoms with E-state index in [1.165, 1.54) is 50.1 Å². The molecule has 0 spiro atoms. The lowest BCUT2D eigenvalue weighted by atomic mass is 9.80. The summed E-state index contributed by atoms with van der Waals surface area (Å²) in [7, 11) is 1.69. The van der Waals surface area contributed by atoms with Crippen LogP contribution in [-0.2, 0) is 0 Å². The second-order valence-corrected chi connectivity index (χ2v) is 11.3. The van der Waals surface area contributed by atoms with E-state index >= 15 is 0 Å². The number of rotatable bonds is 8. The number of piperidine rings is 1. The molecule has 3 aromatic rings. The molecule has 0 amide bonds. The molecular weight excluding hydrogens is 454 g/mol. The highest BCUT2D eigenvalue weighted by molar-refractivity contribution is 7.19. The zero-order valence-electron chi connectivity index (χ0n) is 21.1. The van der Waals surface area contributed by atoms with Crippen LogP contribution in [0.25, 0.3) is 10.1 Å². The van der Waals surface area contributed by atoms with Gasteiger partial charge in [-0.3, -0.25) is 9.69 Å². The zero-order valence-corrected chi connectivity index (χ0v) is 21.9. The summed E-state index contributed by atoms with van der Waals surface area (Å²) in [5, 5.41) is 1.05. The Morgan fingerprint density at radius 3 is 2.40 bits per heavy atom. The third kappa shape index (κ3) is 5.57. The molecule has 0 radical (unpaired) electrons. The summed E-state index contributed by atoms with van der Waals surface area (Å²) in [4.78, 5) is 17.6. The van der Waals surface area contributed by atoms with Gasteiger partial charge in [0.15, 0.2) is 5.78 Å². The number of benzene rings is 2.